The second-order valence-electron chi connectivity index (χ2n) is 14.8. The number of rotatable bonds is 14. The molecule has 388 valence electrons. The molecule has 1 aliphatic carbocycles. The van der Waals surface area contributed by atoms with Gasteiger partial charge in [0.05, 0.1) is 35.3 Å². The van der Waals surface area contributed by atoms with E-state index >= 15 is 0 Å². The molecule has 0 heterocycles. The molecular formula is C51H74BrClCuK2O12S2+. The van der Waals surface area contributed by atoms with Crippen LogP contribution in [0.3, 0.4) is 0 Å². The molecule has 0 aromatic heterocycles. The number of allylic oxidation sites excluding steroid dienone is 3. The summed E-state index contributed by atoms with van der Waals surface area (Å²) in [7, 11) is 4.27. The van der Waals surface area contributed by atoms with E-state index in [0.29, 0.717) is 6.42 Å². The van der Waals surface area contributed by atoms with E-state index in [0.717, 1.165) is 4.48 Å². The third-order valence-electron chi connectivity index (χ3n) is 7.14. The van der Waals surface area contributed by atoms with E-state index in [1.165, 1.54) is 14.7 Å². The molecule has 1 atom stereocenters. The fourth-order valence-electron chi connectivity index (χ4n) is 4.65. The predicted molar refractivity (Wildman–Crippen MR) is 275 cm³/mol. The number of thioether (sulfide) groups is 1. The minimum atomic E-state index is -1.03. The van der Waals surface area contributed by atoms with Crippen LogP contribution < -0.4 is 108 Å². The summed E-state index contributed by atoms with van der Waals surface area (Å²) in [5.74, 6) is -1.95. The minimum absolute atomic E-state index is 0. The Morgan fingerprint density at radius 2 is 1.09 bits per heavy atom. The van der Waals surface area contributed by atoms with Gasteiger partial charge < -0.3 is 35.6 Å². The Labute approximate surface area is 533 Å². The van der Waals surface area contributed by atoms with Crippen LogP contribution in [0.4, 0.5) is 0 Å². The molecule has 0 spiro atoms. The van der Waals surface area contributed by atoms with Gasteiger partial charge in [0.25, 0.3) is 6.47 Å². The Bertz CT molecular complexity index is 1750. The van der Waals surface area contributed by atoms with Crippen molar-refractivity contribution in [2.75, 3.05) is 6.61 Å². The normalized spacial score (nSPS) is 12.0. The molecule has 3 aromatic carbocycles. The van der Waals surface area contributed by atoms with Crippen molar-refractivity contribution in [3.8, 4) is 0 Å². The number of aliphatic hydroxyl groups is 1. The second kappa shape index (κ2) is 53.2. The van der Waals surface area contributed by atoms with Crippen molar-refractivity contribution in [1.82, 2.24) is 0 Å². The number of benzene rings is 3. The molecule has 3 aromatic rings. The van der Waals surface area contributed by atoms with Crippen LogP contribution in [0.1, 0.15) is 104 Å². The molecule has 1 aliphatic rings. The van der Waals surface area contributed by atoms with Crippen molar-refractivity contribution in [3.63, 3.8) is 0 Å². The van der Waals surface area contributed by atoms with Crippen LogP contribution in [0, 0.1) is 11.3 Å². The monoisotopic (exact) mass is 1200 g/mol. The van der Waals surface area contributed by atoms with Crippen LogP contribution in [0.2, 0.25) is 0 Å². The second-order valence-corrected chi connectivity index (χ2v) is 19.0. The maximum atomic E-state index is 11.8. The molecule has 1 fully saturated rings. The van der Waals surface area contributed by atoms with Crippen LogP contribution in [0.5, 0.6) is 0 Å². The standard InChI is InChI=1S/C15H15S.C12H20O4.C9H16O4.C9H10S.C3H5Br.C2H6O.CH2O3.ClH.Cu.2K.H/c1-2-13-16(14-9-5-3-6-10-14)15-11-7-4-8-12-15;1-7(2)15-10(13)12(6-9(12)5)11(14)16-8(3)4;1-6(2)12-8(10)5-9(11)13-7(3)4;1-2-8-10-9-6-4-3-5-7-9;1-3(2)4;1-2-3;2-1-4-3;;;;;/h2-13H,1H3;7-9H,6H2,1-5H3;6-7H,5H2,1-4H3;2-8H,1H3;1H2,2H3;3H,2H2,1H3;1,3H;1H;;;;/q+1;;;;;;;;3*+1;-1/p-2. The van der Waals surface area contributed by atoms with Gasteiger partial charge in [0.1, 0.15) is 11.8 Å². The molecule has 1 saturated carbocycles. The number of carbonyl (C=O) groups is 5. The average Bonchev–Trinajstić information content (AvgIpc) is 3.98. The van der Waals surface area contributed by atoms with Gasteiger partial charge in [-0.25, -0.2) is 0 Å². The van der Waals surface area contributed by atoms with E-state index < -0.39 is 29.3 Å². The first-order chi connectivity index (χ1) is 32.1. The first kappa shape index (κ1) is 80.8. The van der Waals surface area contributed by atoms with Crippen LogP contribution in [-0.2, 0) is 73.8 Å². The number of aliphatic hydroxyl groups excluding tert-OH is 1. The molecule has 0 aliphatic heterocycles. The summed E-state index contributed by atoms with van der Waals surface area (Å²) in [4.78, 5) is 60.8. The van der Waals surface area contributed by atoms with Gasteiger partial charge in [-0.05, 0) is 148 Å². The zero-order chi connectivity index (χ0) is 53.1. The summed E-state index contributed by atoms with van der Waals surface area (Å²) in [6.07, 6.45) is 3.59. The number of carbonyl (C=O) groups excluding carboxylic acids is 5. The predicted octanol–water partition coefficient (Wildman–Crippen LogP) is 5.92. The van der Waals surface area contributed by atoms with E-state index in [-0.39, 0.29) is 165 Å². The van der Waals surface area contributed by atoms with Gasteiger partial charge in [-0.2, -0.15) is 0 Å². The fraction of sp³-hybridized carbons (Fsp3) is 0.431. The Hall–Kier alpha value is -0.588. The van der Waals surface area contributed by atoms with Crippen LogP contribution in [-0.4, -0.2) is 66.5 Å². The van der Waals surface area contributed by atoms with E-state index in [1.807, 2.05) is 45.0 Å². The Balaban J connectivity index is -0.000000141. The van der Waals surface area contributed by atoms with E-state index in [2.05, 4.69) is 149 Å². The molecule has 70 heavy (non-hydrogen) atoms. The van der Waals surface area contributed by atoms with Crippen molar-refractivity contribution < 1.29 is 177 Å². The third-order valence-corrected chi connectivity index (χ3v) is 10.2. The summed E-state index contributed by atoms with van der Waals surface area (Å²) in [5.41, 5.74) is -1.03. The first-order valence-electron chi connectivity index (χ1n) is 21.5. The Kier molecular flexibility index (Phi) is 61.5. The number of esters is 4. The molecule has 1 unspecified atom stereocenters. The fourth-order valence-corrected chi connectivity index (χ4v) is 7.02. The summed E-state index contributed by atoms with van der Waals surface area (Å²) in [6.45, 7) is 27.1. The third kappa shape index (κ3) is 46.0. The molecule has 19 heteroatoms. The van der Waals surface area contributed by atoms with E-state index in [4.69, 9.17) is 34.1 Å². The largest absolute Gasteiger partial charge is 1.00 e. The van der Waals surface area contributed by atoms with Crippen molar-refractivity contribution in [3.05, 3.63) is 125 Å². The van der Waals surface area contributed by atoms with Crippen LogP contribution in [0.25, 0.3) is 0 Å². The van der Waals surface area contributed by atoms with Gasteiger partial charge in [-0.15, -0.1) is 0 Å². The SMILES string of the molecule is C=C(C)Br.CC(C)OC(=O)C1(C(=O)OC(C)C)CC1C.CC(C)OC(=O)CC(=O)OC(C)C.CC=CSc1ccccc1.CC=C[S+](c1ccccc1)c1ccccc1.CCO.O=CO[O-].[Cl][Cu].[H-].[K+].[K+]. The number of hydrogen-bond acceptors (Lipinski definition) is 13. The van der Waals surface area contributed by atoms with Crippen molar-refractivity contribution >= 4 is 79.0 Å². The smallest absolute Gasteiger partial charge is 1.00 e. The average molecular weight is 1200 g/mol. The molecule has 0 amide bonds. The topological polar surface area (TPSA) is 175 Å². The van der Waals surface area contributed by atoms with Crippen LogP contribution >= 0.6 is 37.8 Å². The van der Waals surface area contributed by atoms with Gasteiger partial charge in [-0.1, -0.05) is 102 Å². The minimum Gasteiger partial charge on any atom is -1.00 e. The molecule has 0 radical (unpaired) electrons. The molecule has 12 nitrogen and oxygen atoms in total. The molecule has 1 N–H and O–H groups in total. The number of ether oxygens (including phenoxy) is 4. The first-order valence-corrected chi connectivity index (χ1v) is 25.7. The zero-order valence-electron chi connectivity index (χ0n) is 44.6. The van der Waals surface area contributed by atoms with Crippen LogP contribution in [0.15, 0.2) is 140 Å². The summed E-state index contributed by atoms with van der Waals surface area (Å²) < 4.78 is 20.7. The maximum Gasteiger partial charge on any atom is 1.00 e. The molecule has 0 saturated heterocycles. The van der Waals surface area contributed by atoms with E-state index in [1.54, 1.807) is 74.1 Å². The molecular weight excluding hydrogens is 1130 g/mol. The molecule has 4 rings (SSSR count). The van der Waals surface area contributed by atoms with Gasteiger partial charge >= 0.3 is 152 Å². The molecule has 0 bridgehead atoms. The zero-order valence-corrected chi connectivity index (χ0v) is 54.7. The van der Waals surface area contributed by atoms with E-state index in [9.17, 15) is 19.2 Å². The van der Waals surface area contributed by atoms with Crippen molar-refractivity contribution in [2.45, 2.75) is 142 Å². The summed E-state index contributed by atoms with van der Waals surface area (Å²) in [6, 6.07) is 31.6. The van der Waals surface area contributed by atoms with Gasteiger partial charge in [0, 0.05) is 11.5 Å². The van der Waals surface area contributed by atoms with Gasteiger partial charge in [0.15, 0.2) is 15.2 Å². The Morgan fingerprint density at radius 3 is 1.33 bits per heavy atom. The van der Waals surface area contributed by atoms with Gasteiger partial charge in [0.2, 0.25) is 0 Å². The Morgan fingerprint density at radius 1 is 0.786 bits per heavy atom. The van der Waals surface area contributed by atoms with Crippen molar-refractivity contribution in [2.24, 2.45) is 11.3 Å². The number of halogens is 2. The number of hydrogen-bond donors (Lipinski definition) is 1. The van der Waals surface area contributed by atoms with Crippen molar-refractivity contribution in [1.29, 1.82) is 0 Å². The maximum absolute atomic E-state index is 11.8. The van der Waals surface area contributed by atoms with Gasteiger partial charge in [-0.3, -0.25) is 24.0 Å². The summed E-state index contributed by atoms with van der Waals surface area (Å²) >= 11 is 8.48. The summed E-state index contributed by atoms with van der Waals surface area (Å²) in [5, 5.41) is 20.3. The quantitative estimate of drug-likeness (QED) is 0.0232.